The Kier molecular flexibility index (Phi) is 5.69. The minimum atomic E-state index is -0.651. The van der Waals surface area contributed by atoms with E-state index in [9.17, 15) is 15.3 Å². The number of halogens is 1. The summed E-state index contributed by atoms with van der Waals surface area (Å²) in [5.74, 6) is 0.921. The van der Waals surface area contributed by atoms with Crippen molar-refractivity contribution in [3.63, 3.8) is 0 Å². The molecule has 0 aliphatic rings. The molecule has 0 saturated carbocycles. The van der Waals surface area contributed by atoms with Crippen LogP contribution in [0.15, 0.2) is 23.0 Å². The molecular formula is C18H17ClN4O2. The molecule has 128 valence electrons. The van der Waals surface area contributed by atoms with Crippen LogP contribution < -0.4 is 16.0 Å². The summed E-state index contributed by atoms with van der Waals surface area (Å²) in [6.07, 6.45) is 0.889. The van der Waals surface area contributed by atoms with Crippen molar-refractivity contribution in [3.05, 3.63) is 44.7 Å². The van der Waals surface area contributed by atoms with Crippen LogP contribution >= 0.6 is 11.6 Å². The zero-order valence-electron chi connectivity index (χ0n) is 13.9. The van der Waals surface area contributed by atoms with Crippen molar-refractivity contribution in [3.8, 4) is 29.0 Å². The Morgan fingerprint density at radius 3 is 2.52 bits per heavy atom. The Hall–Kier alpha value is -2.96. The number of anilines is 1. The van der Waals surface area contributed by atoms with E-state index in [4.69, 9.17) is 22.1 Å². The van der Waals surface area contributed by atoms with E-state index in [1.54, 1.807) is 18.2 Å². The van der Waals surface area contributed by atoms with Crippen molar-refractivity contribution >= 4 is 17.4 Å². The van der Waals surface area contributed by atoms with E-state index < -0.39 is 5.56 Å². The van der Waals surface area contributed by atoms with Crippen LogP contribution in [-0.4, -0.2) is 11.6 Å². The highest BCUT2D eigenvalue weighted by Gasteiger charge is 2.19. The van der Waals surface area contributed by atoms with Crippen molar-refractivity contribution in [2.24, 2.45) is 5.92 Å². The number of nitrogens with one attached hydrogen (secondary N) is 1. The summed E-state index contributed by atoms with van der Waals surface area (Å²) in [4.78, 5) is 14.3. The fourth-order valence-corrected chi connectivity index (χ4v) is 2.55. The maximum atomic E-state index is 12.0. The van der Waals surface area contributed by atoms with Gasteiger partial charge in [-0.15, -0.1) is 0 Å². The average molecular weight is 357 g/mol. The number of H-pyrrole nitrogens is 1. The third-order valence-electron chi connectivity index (χ3n) is 3.64. The number of nitrogens with zero attached hydrogens (tertiary/aromatic N) is 2. The first-order chi connectivity index (χ1) is 11.9. The topological polar surface area (TPSA) is 116 Å². The number of nitriles is 2. The molecule has 1 heterocycles. The molecule has 3 N–H and O–H groups in total. The number of nitrogen functional groups attached to an aromatic ring is 1. The molecule has 0 spiro atoms. The number of benzene rings is 1. The lowest BCUT2D eigenvalue weighted by atomic mass is 9.96. The smallest absolute Gasteiger partial charge is 0.268 e. The Labute approximate surface area is 150 Å². The van der Waals surface area contributed by atoms with Crippen molar-refractivity contribution < 1.29 is 4.74 Å². The van der Waals surface area contributed by atoms with Gasteiger partial charge in [0.1, 0.15) is 34.8 Å². The van der Waals surface area contributed by atoms with Crippen LogP contribution in [0.3, 0.4) is 0 Å². The first-order valence-corrected chi connectivity index (χ1v) is 8.05. The van der Waals surface area contributed by atoms with E-state index in [0.717, 1.165) is 6.42 Å². The van der Waals surface area contributed by atoms with Gasteiger partial charge in [0.05, 0.1) is 11.6 Å². The summed E-state index contributed by atoms with van der Waals surface area (Å²) < 4.78 is 5.64. The van der Waals surface area contributed by atoms with Gasteiger partial charge in [-0.3, -0.25) is 4.79 Å². The Bertz CT molecular complexity index is 936. The van der Waals surface area contributed by atoms with Crippen molar-refractivity contribution in [1.82, 2.24) is 4.98 Å². The van der Waals surface area contributed by atoms with Crippen molar-refractivity contribution in [2.75, 3.05) is 12.3 Å². The first-order valence-electron chi connectivity index (χ1n) is 7.67. The molecule has 0 bridgehead atoms. The Morgan fingerprint density at radius 1 is 1.28 bits per heavy atom. The molecule has 25 heavy (non-hydrogen) atoms. The summed E-state index contributed by atoms with van der Waals surface area (Å²) in [5.41, 5.74) is 5.52. The zero-order chi connectivity index (χ0) is 18.6. The fourth-order valence-electron chi connectivity index (χ4n) is 2.31. The van der Waals surface area contributed by atoms with Crippen molar-refractivity contribution in [1.29, 1.82) is 10.5 Å². The van der Waals surface area contributed by atoms with E-state index in [1.807, 2.05) is 12.1 Å². The van der Waals surface area contributed by atoms with Gasteiger partial charge in [0.2, 0.25) is 0 Å². The van der Waals surface area contributed by atoms with E-state index in [-0.39, 0.29) is 22.5 Å². The van der Waals surface area contributed by atoms with Gasteiger partial charge in [-0.05, 0) is 30.0 Å². The van der Waals surface area contributed by atoms with Crippen LogP contribution in [0.1, 0.15) is 31.4 Å². The highest BCUT2D eigenvalue weighted by molar-refractivity contribution is 6.32. The van der Waals surface area contributed by atoms with E-state index in [0.29, 0.717) is 28.9 Å². The molecule has 6 nitrogen and oxygen atoms in total. The number of pyridine rings is 1. The van der Waals surface area contributed by atoms with E-state index >= 15 is 0 Å². The number of hydrogen-bond donors (Lipinski definition) is 2. The standard InChI is InChI=1S/C18H17ClN4O2/c1-10(2)5-6-25-15-4-3-11(7-14(15)19)16-12(8-20)17(22)23-18(24)13(16)9-21/h3-4,7,10H,5-6H2,1-2H3,(H3,22,23,24). The molecule has 0 amide bonds. The summed E-state index contributed by atoms with van der Waals surface area (Å²) >= 11 is 6.26. The van der Waals surface area contributed by atoms with Crippen LogP contribution in [0.2, 0.25) is 5.02 Å². The first kappa shape index (κ1) is 18.4. The molecule has 0 fully saturated rings. The van der Waals surface area contributed by atoms with Crippen LogP contribution in [-0.2, 0) is 0 Å². The number of hydrogen-bond acceptors (Lipinski definition) is 5. The van der Waals surface area contributed by atoms with E-state index in [2.05, 4.69) is 18.8 Å². The molecule has 1 aromatic carbocycles. The highest BCUT2D eigenvalue weighted by Crippen LogP contribution is 2.34. The Balaban J connectivity index is 2.51. The molecule has 1 aromatic heterocycles. The summed E-state index contributed by atoms with van der Waals surface area (Å²) in [6.45, 7) is 4.72. The van der Waals surface area contributed by atoms with Gasteiger partial charge in [0, 0.05) is 5.56 Å². The average Bonchev–Trinajstić information content (AvgIpc) is 2.55. The number of rotatable bonds is 5. The van der Waals surface area contributed by atoms with Crippen LogP contribution in [0.4, 0.5) is 5.82 Å². The van der Waals surface area contributed by atoms with Crippen molar-refractivity contribution in [2.45, 2.75) is 20.3 Å². The maximum Gasteiger partial charge on any atom is 0.268 e. The van der Waals surface area contributed by atoms with Crippen LogP contribution in [0, 0.1) is 28.6 Å². The SMILES string of the molecule is CC(C)CCOc1ccc(-c2c(C#N)c(N)[nH]c(=O)c2C#N)cc1Cl. The van der Waals surface area contributed by atoms with Gasteiger partial charge in [0.15, 0.2) is 0 Å². The lowest BCUT2D eigenvalue weighted by Crippen LogP contribution is -2.16. The molecule has 0 aliphatic heterocycles. The summed E-state index contributed by atoms with van der Waals surface area (Å²) in [5, 5.41) is 19.0. The van der Waals surface area contributed by atoms with E-state index in [1.165, 1.54) is 0 Å². The lowest BCUT2D eigenvalue weighted by Gasteiger charge is -2.12. The summed E-state index contributed by atoms with van der Waals surface area (Å²) in [7, 11) is 0. The molecule has 0 saturated heterocycles. The maximum absolute atomic E-state index is 12.0. The Morgan fingerprint density at radius 2 is 1.96 bits per heavy atom. The minimum absolute atomic E-state index is 0.0284. The molecule has 0 unspecified atom stereocenters. The number of nitrogens with two attached hydrogens (primary N) is 1. The number of aromatic nitrogens is 1. The van der Waals surface area contributed by atoms with Gasteiger partial charge >= 0.3 is 0 Å². The fraction of sp³-hybridized carbons (Fsp3) is 0.278. The molecule has 7 heteroatoms. The van der Waals surface area contributed by atoms with Gasteiger partial charge in [-0.1, -0.05) is 31.5 Å². The normalized spacial score (nSPS) is 10.3. The van der Waals surface area contributed by atoms with Gasteiger partial charge in [0.25, 0.3) is 5.56 Å². The molecule has 2 rings (SSSR count). The van der Waals surface area contributed by atoms with Gasteiger partial charge in [-0.2, -0.15) is 10.5 Å². The van der Waals surface area contributed by atoms with Gasteiger partial charge < -0.3 is 15.5 Å². The third kappa shape index (κ3) is 3.93. The zero-order valence-corrected chi connectivity index (χ0v) is 14.6. The summed E-state index contributed by atoms with van der Waals surface area (Å²) in [6, 6.07) is 8.60. The second kappa shape index (κ2) is 7.74. The predicted octanol–water partition coefficient (Wildman–Crippen LogP) is 3.45. The molecular weight excluding hydrogens is 340 g/mol. The number of aromatic amines is 1. The molecule has 2 aromatic rings. The monoisotopic (exact) mass is 356 g/mol. The van der Waals surface area contributed by atoms with Crippen LogP contribution in [0.5, 0.6) is 5.75 Å². The highest BCUT2D eigenvalue weighted by atomic mass is 35.5. The lowest BCUT2D eigenvalue weighted by molar-refractivity contribution is 0.289. The second-order valence-corrected chi connectivity index (χ2v) is 6.30. The second-order valence-electron chi connectivity index (χ2n) is 5.89. The van der Waals surface area contributed by atoms with Crippen LogP contribution in [0.25, 0.3) is 11.1 Å². The molecule has 0 radical (unpaired) electrons. The molecule has 0 atom stereocenters. The van der Waals surface area contributed by atoms with Gasteiger partial charge in [-0.25, -0.2) is 0 Å². The minimum Gasteiger partial charge on any atom is -0.492 e. The number of ether oxygens (including phenoxy) is 1. The quantitative estimate of drug-likeness (QED) is 0.851. The third-order valence-corrected chi connectivity index (χ3v) is 3.94. The molecule has 0 aliphatic carbocycles. The predicted molar refractivity (Wildman–Crippen MR) is 96.3 cm³/mol. The largest absolute Gasteiger partial charge is 0.492 e.